The fraction of sp³-hybridized carbons (Fsp3) is 0.278. The molecule has 0 aliphatic heterocycles. The van der Waals surface area contributed by atoms with Crippen molar-refractivity contribution in [1.82, 2.24) is 0 Å². The van der Waals surface area contributed by atoms with Gasteiger partial charge in [0.1, 0.15) is 0 Å². The van der Waals surface area contributed by atoms with Gasteiger partial charge in [0.15, 0.2) is 0 Å². The van der Waals surface area contributed by atoms with Crippen LogP contribution in [0.2, 0.25) is 0 Å². The maximum absolute atomic E-state index is 11.1. The fourth-order valence-corrected chi connectivity index (χ4v) is 2.20. The maximum atomic E-state index is 11.1. The highest BCUT2D eigenvalue weighted by Gasteiger charge is 2.02. The lowest BCUT2D eigenvalue weighted by atomic mass is 10.0. The molecule has 0 aliphatic rings. The summed E-state index contributed by atoms with van der Waals surface area (Å²) in [5.74, 6) is -0.168. The highest BCUT2D eigenvalue weighted by Crippen LogP contribution is 2.13. The number of hydrogen-bond donors (Lipinski definition) is 1. The molecule has 0 heterocycles. The zero-order chi connectivity index (χ0) is 15.1. The molecule has 3 nitrogen and oxygen atoms in total. The van der Waals surface area contributed by atoms with E-state index in [0.717, 1.165) is 24.0 Å². The molecule has 0 saturated carbocycles. The quantitative estimate of drug-likeness (QED) is 0.829. The van der Waals surface area contributed by atoms with Gasteiger partial charge in [-0.05, 0) is 35.1 Å². The minimum Gasteiger partial charge on any atom is -0.469 e. The number of nitrogens with two attached hydrogens (primary N) is 1. The summed E-state index contributed by atoms with van der Waals surface area (Å²) < 4.78 is 4.65. The SMILES string of the molecule is COC(=O)CCc1ccc(Cc2ccc(CN)cc2)cc1. The Kier molecular flexibility index (Phi) is 5.52. The Bertz CT molecular complexity index is 573. The Labute approximate surface area is 125 Å². The Balaban J connectivity index is 1.93. The van der Waals surface area contributed by atoms with Crippen LogP contribution in [-0.4, -0.2) is 13.1 Å². The summed E-state index contributed by atoms with van der Waals surface area (Å²) in [5, 5.41) is 0. The first kappa shape index (κ1) is 15.3. The minimum absolute atomic E-state index is 0.168. The van der Waals surface area contributed by atoms with E-state index < -0.39 is 0 Å². The van der Waals surface area contributed by atoms with Gasteiger partial charge in [-0.25, -0.2) is 0 Å². The maximum Gasteiger partial charge on any atom is 0.305 e. The van der Waals surface area contributed by atoms with Crippen LogP contribution in [0.3, 0.4) is 0 Å². The molecule has 0 bridgehead atoms. The van der Waals surface area contributed by atoms with Gasteiger partial charge in [0.2, 0.25) is 0 Å². The van der Waals surface area contributed by atoms with Gasteiger partial charge < -0.3 is 10.5 Å². The molecule has 0 saturated heterocycles. The number of benzene rings is 2. The standard InChI is InChI=1S/C18H21NO2/c1-21-18(20)11-10-14-2-4-15(5-3-14)12-16-6-8-17(13-19)9-7-16/h2-9H,10-13,19H2,1H3. The Morgan fingerprint density at radius 1 is 0.905 bits per heavy atom. The van der Waals surface area contributed by atoms with Crippen LogP contribution >= 0.6 is 0 Å². The topological polar surface area (TPSA) is 52.3 Å². The summed E-state index contributed by atoms with van der Waals surface area (Å²) in [7, 11) is 1.42. The summed E-state index contributed by atoms with van der Waals surface area (Å²) in [5.41, 5.74) is 10.4. The number of ether oxygens (including phenoxy) is 1. The molecule has 0 radical (unpaired) electrons. The van der Waals surface area contributed by atoms with Crippen molar-refractivity contribution in [1.29, 1.82) is 0 Å². The molecule has 2 rings (SSSR count). The van der Waals surface area contributed by atoms with Crippen LogP contribution < -0.4 is 5.73 Å². The predicted molar refractivity (Wildman–Crippen MR) is 83.9 cm³/mol. The van der Waals surface area contributed by atoms with Crippen LogP contribution in [0.15, 0.2) is 48.5 Å². The highest BCUT2D eigenvalue weighted by molar-refractivity contribution is 5.69. The van der Waals surface area contributed by atoms with Gasteiger partial charge in [-0.2, -0.15) is 0 Å². The first-order valence-electron chi connectivity index (χ1n) is 7.14. The molecule has 0 spiro atoms. The number of rotatable bonds is 6. The normalized spacial score (nSPS) is 10.4. The lowest BCUT2D eigenvalue weighted by molar-refractivity contribution is -0.140. The van der Waals surface area contributed by atoms with E-state index in [4.69, 9.17) is 5.73 Å². The smallest absolute Gasteiger partial charge is 0.305 e. The van der Waals surface area contributed by atoms with Crippen LogP contribution in [0, 0.1) is 0 Å². The second-order valence-corrected chi connectivity index (χ2v) is 5.09. The van der Waals surface area contributed by atoms with Crippen LogP contribution in [-0.2, 0) is 28.9 Å². The third kappa shape index (κ3) is 4.72. The summed E-state index contributed by atoms with van der Waals surface area (Å²) in [4.78, 5) is 11.1. The summed E-state index contributed by atoms with van der Waals surface area (Å²) in [6.07, 6.45) is 2.05. The van der Waals surface area contributed by atoms with Crippen molar-refractivity contribution in [2.75, 3.05) is 7.11 Å². The van der Waals surface area contributed by atoms with Gasteiger partial charge in [0.25, 0.3) is 0 Å². The monoisotopic (exact) mass is 283 g/mol. The Morgan fingerprint density at radius 3 is 1.86 bits per heavy atom. The molecule has 0 aliphatic carbocycles. The van der Waals surface area contributed by atoms with Gasteiger partial charge in [0.05, 0.1) is 7.11 Å². The molecular weight excluding hydrogens is 262 g/mol. The van der Waals surface area contributed by atoms with Crippen molar-refractivity contribution in [3.63, 3.8) is 0 Å². The van der Waals surface area contributed by atoms with Gasteiger partial charge in [-0.3, -0.25) is 4.79 Å². The molecular formula is C18H21NO2. The van der Waals surface area contributed by atoms with Crippen molar-refractivity contribution in [2.24, 2.45) is 5.73 Å². The molecule has 21 heavy (non-hydrogen) atoms. The van der Waals surface area contributed by atoms with Crippen LogP contribution in [0.25, 0.3) is 0 Å². The first-order chi connectivity index (χ1) is 10.2. The van der Waals surface area contributed by atoms with Crippen molar-refractivity contribution in [3.05, 3.63) is 70.8 Å². The summed E-state index contributed by atoms with van der Waals surface area (Å²) >= 11 is 0. The van der Waals surface area contributed by atoms with Gasteiger partial charge in [-0.15, -0.1) is 0 Å². The third-order valence-electron chi connectivity index (χ3n) is 3.54. The number of aryl methyl sites for hydroxylation is 1. The van der Waals surface area contributed by atoms with E-state index in [1.165, 1.54) is 18.2 Å². The molecule has 3 heteroatoms. The van der Waals surface area contributed by atoms with E-state index in [9.17, 15) is 4.79 Å². The lowest BCUT2D eigenvalue weighted by Gasteiger charge is -2.05. The number of carbonyl (C=O) groups excluding carboxylic acids is 1. The van der Waals surface area contributed by atoms with Gasteiger partial charge in [-0.1, -0.05) is 48.5 Å². The number of esters is 1. The third-order valence-corrected chi connectivity index (χ3v) is 3.54. The van der Waals surface area contributed by atoms with Crippen LogP contribution in [0.4, 0.5) is 0 Å². The van der Waals surface area contributed by atoms with E-state index in [-0.39, 0.29) is 5.97 Å². The van der Waals surface area contributed by atoms with E-state index >= 15 is 0 Å². The predicted octanol–water partition coefficient (Wildman–Crippen LogP) is 2.84. The number of hydrogen-bond acceptors (Lipinski definition) is 3. The largest absolute Gasteiger partial charge is 0.469 e. The average molecular weight is 283 g/mol. The highest BCUT2D eigenvalue weighted by atomic mass is 16.5. The molecule has 110 valence electrons. The molecule has 0 unspecified atom stereocenters. The fourth-order valence-electron chi connectivity index (χ4n) is 2.20. The second kappa shape index (κ2) is 7.60. The van der Waals surface area contributed by atoms with Crippen molar-refractivity contribution >= 4 is 5.97 Å². The minimum atomic E-state index is -0.168. The van der Waals surface area contributed by atoms with E-state index in [1.807, 2.05) is 0 Å². The molecule has 2 aromatic carbocycles. The first-order valence-corrected chi connectivity index (χ1v) is 7.14. The van der Waals surface area contributed by atoms with Crippen molar-refractivity contribution < 1.29 is 9.53 Å². The van der Waals surface area contributed by atoms with E-state index in [0.29, 0.717) is 13.0 Å². The van der Waals surface area contributed by atoms with Crippen LogP contribution in [0.5, 0.6) is 0 Å². The van der Waals surface area contributed by atoms with Gasteiger partial charge >= 0.3 is 5.97 Å². The van der Waals surface area contributed by atoms with Crippen molar-refractivity contribution in [2.45, 2.75) is 25.8 Å². The second-order valence-electron chi connectivity index (χ2n) is 5.09. The Hall–Kier alpha value is -2.13. The zero-order valence-corrected chi connectivity index (χ0v) is 12.3. The van der Waals surface area contributed by atoms with E-state index in [2.05, 4.69) is 53.3 Å². The number of carbonyl (C=O) groups is 1. The van der Waals surface area contributed by atoms with Gasteiger partial charge in [0, 0.05) is 13.0 Å². The number of methoxy groups -OCH3 is 1. The summed E-state index contributed by atoms with van der Waals surface area (Å²) in [6, 6.07) is 16.8. The molecule has 0 fully saturated rings. The average Bonchev–Trinajstić information content (AvgIpc) is 2.54. The van der Waals surface area contributed by atoms with Crippen LogP contribution in [0.1, 0.15) is 28.7 Å². The molecule has 0 amide bonds. The van der Waals surface area contributed by atoms with Crippen molar-refractivity contribution in [3.8, 4) is 0 Å². The molecule has 2 aromatic rings. The zero-order valence-electron chi connectivity index (χ0n) is 12.3. The molecule has 0 aromatic heterocycles. The summed E-state index contributed by atoms with van der Waals surface area (Å²) in [6.45, 7) is 0.579. The Morgan fingerprint density at radius 2 is 1.38 bits per heavy atom. The lowest BCUT2D eigenvalue weighted by Crippen LogP contribution is -2.01. The molecule has 2 N–H and O–H groups in total. The van der Waals surface area contributed by atoms with E-state index in [1.54, 1.807) is 0 Å². The molecule has 0 atom stereocenters.